The molecule has 0 saturated carbocycles. The van der Waals surface area contributed by atoms with E-state index < -0.39 is 0 Å². The predicted octanol–water partition coefficient (Wildman–Crippen LogP) is 2.44. The van der Waals surface area contributed by atoms with Gasteiger partial charge in [-0.1, -0.05) is 17.4 Å². The highest BCUT2D eigenvalue weighted by atomic mass is 32.1. The molecule has 0 aromatic carbocycles. The lowest BCUT2D eigenvalue weighted by Gasteiger charge is -2.21. The molecule has 0 aliphatic carbocycles. The molecule has 0 radical (unpaired) electrons. The van der Waals surface area contributed by atoms with Crippen LogP contribution < -0.4 is 10.6 Å². The zero-order valence-electron chi connectivity index (χ0n) is 10.5. The molecule has 0 spiro atoms. The highest BCUT2D eigenvalue weighted by Gasteiger charge is 2.30. The molecule has 6 heteroatoms. The summed E-state index contributed by atoms with van der Waals surface area (Å²) in [5.74, 6) is 0.753. The van der Waals surface area contributed by atoms with Gasteiger partial charge in [0.05, 0.1) is 4.88 Å². The Labute approximate surface area is 115 Å². The molecular weight excluding hydrogens is 260 g/mol. The minimum atomic E-state index is 0.00898. The maximum Gasteiger partial charge on any atom is 0.226 e. The lowest BCUT2D eigenvalue weighted by atomic mass is 9.93. The Hall–Kier alpha value is -1.95. The third-order valence-corrected chi connectivity index (χ3v) is 4.16. The van der Waals surface area contributed by atoms with Crippen molar-refractivity contribution >= 4 is 28.2 Å². The number of nitrogens with zero attached hydrogens (tertiary/aromatic N) is 2. The Morgan fingerprint density at radius 1 is 1.58 bits per heavy atom. The first-order valence-electron chi connectivity index (χ1n) is 6.22. The monoisotopic (exact) mass is 274 g/mol. The Bertz CT molecular complexity index is 596. The molecule has 0 unspecified atom stereocenters. The van der Waals surface area contributed by atoms with Crippen molar-refractivity contribution in [3.05, 3.63) is 35.0 Å². The van der Waals surface area contributed by atoms with E-state index in [0.717, 1.165) is 22.1 Å². The van der Waals surface area contributed by atoms with Crippen LogP contribution in [-0.2, 0) is 4.79 Å². The average molecular weight is 274 g/mol. The van der Waals surface area contributed by atoms with Gasteiger partial charge in [-0.2, -0.15) is 0 Å². The van der Waals surface area contributed by atoms with E-state index in [2.05, 4.69) is 20.6 Å². The van der Waals surface area contributed by atoms with Crippen molar-refractivity contribution < 1.29 is 4.79 Å². The van der Waals surface area contributed by atoms with Crippen LogP contribution in [0.3, 0.4) is 0 Å². The van der Waals surface area contributed by atoms with Gasteiger partial charge in [0.2, 0.25) is 5.91 Å². The number of carbonyl (C=O) groups is 1. The van der Waals surface area contributed by atoms with Crippen LogP contribution in [0.1, 0.15) is 29.7 Å². The summed E-state index contributed by atoms with van der Waals surface area (Å²) in [6.45, 7) is 2.84. The van der Waals surface area contributed by atoms with Crippen LogP contribution in [0.15, 0.2) is 24.5 Å². The summed E-state index contributed by atoms with van der Waals surface area (Å²) in [5, 5.41) is 6.88. The second-order valence-electron chi connectivity index (χ2n) is 4.35. The largest absolute Gasteiger partial charge is 0.362 e. The summed E-state index contributed by atoms with van der Waals surface area (Å²) < 4.78 is 0. The van der Waals surface area contributed by atoms with Crippen LogP contribution in [0.4, 0.5) is 10.9 Å². The highest BCUT2D eigenvalue weighted by molar-refractivity contribution is 7.16. The predicted molar refractivity (Wildman–Crippen MR) is 75.6 cm³/mol. The summed E-state index contributed by atoms with van der Waals surface area (Å²) in [5.41, 5.74) is 1.06. The van der Waals surface area contributed by atoms with Gasteiger partial charge >= 0.3 is 0 Å². The topological polar surface area (TPSA) is 66.9 Å². The Morgan fingerprint density at radius 2 is 2.47 bits per heavy atom. The van der Waals surface area contributed by atoms with Crippen molar-refractivity contribution in [2.45, 2.75) is 19.3 Å². The number of carbonyl (C=O) groups excluding carboxylic acids is 1. The van der Waals surface area contributed by atoms with Crippen molar-refractivity contribution in [1.29, 1.82) is 0 Å². The summed E-state index contributed by atoms with van der Waals surface area (Å²) in [7, 11) is 0. The van der Waals surface area contributed by atoms with E-state index in [1.165, 1.54) is 0 Å². The number of fused-ring (bicyclic) bond motifs is 1. The number of amides is 1. The SMILES string of the molecule is CCNc1nc2c(s1)[C@H](c1cccnc1)CC(=O)N2. The summed E-state index contributed by atoms with van der Waals surface area (Å²) >= 11 is 1.60. The molecule has 0 fully saturated rings. The molecule has 1 amide bonds. The van der Waals surface area contributed by atoms with Crippen LogP contribution >= 0.6 is 11.3 Å². The van der Waals surface area contributed by atoms with E-state index in [1.807, 2.05) is 25.3 Å². The van der Waals surface area contributed by atoms with Crippen LogP contribution in [-0.4, -0.2) is 22.4 Å². The highest BCUT2D eigenvalue weighted by Crippen LogP contribution is 2.41. The smallest absolute Gasteiger partial charge is 0.226 e. The van der Waals surface area contributed by atoms with E-state index in [4.69, 9.17) is 0 Å². The molecule has 2 N–H and O–H groups in total. The molecule has 2 aromatic rings. The average Bonchev–Trinajstić information content (AvgIpc) is 2.81. The fraction of sp³-hybridized carbons (Fsp3) is 0.308. The molecular formula is C13H14N4OS. The van der Waals surface area contributed by atoms with Gasteiger partial charge in [-0.05, 0) is 18.6 Å². The molecule has 1 aliphatic heterocycles. The van der Waals surface area contributed by atoms with E-state index in [-0.39, 0.29) is 11.8 Å². The summed E-state index contributed by atoms with van der Waals surface area (Å²) in [6, 6.07) is 3.90. The third kappa shape index (κ3) is 2.31. The van der Waals surface area contributed by atoms with E-state index in [9.17, 15) is 4.79 Å². The lowest BCUT2D eigenvalue weighted by Crippen LogP contribution is -2.22. The van der Waals surface area contributed by atoms with Gasteiger partial charge in [-0.25, -0.2) is 4.98 Å². The molecule has 0 saturated heterocycles. The number of nitrogens with one attached hydrogen (secondary N) is 2. The quantitative estimate of drug-likeness (QED) is 0.902. The Morgan fingerprint density at radius 3 is 3.21 bits per heavy atom. The van der Waals surface area contributed by atoms with Crippen LogP contribution in [0.5, 0.6) is 0 Å². The van der Waals surface area contributed by atoms with Crippen molar-refractivity contribution in [1.82, 2.24) is 9.97 Å². The number of hydrogen-bond acceptors (Lipinski definition) is 5. The van der Waals surface area contributed by atoms with Crippen LogP contribution in [0, 0.1) is 0 Å². The maximum atomic E-state index is 11.8. The first-order chi connectivity index (χ1) is 9.28. The number of hydrogen-bond donors (Lipinski definition) is 2. The standard InChI is InChI=1S/C13H14N4OS/c1-2-15-13-17-12-11(19-13)9(6-10(18)16-12)8-4-3-5-14-7-8/h3-5,7,9H,2,6H2,1H3,(H,15,17)(H,16,18)/t9-/m0/s1. The molecule has 1 atom stereocenters. The van der Waals surface area contributed by atoms with Crippen molar-refractivity contribution in [2.75, 3.05) is 17.2 Å². The van der Waals surface area contributed by atoms with Crippen LogP contribution in [0.2, 0.25) is 0 Å². The molecule has 0 bridgehead atoms. The molecule has 19 heavy (non-hydrogen) atoms. The van der Waals surface area contributed by atoms with Gasteiger partial charge in [0.1, 0.15) is 5.82 Å². The molecule has 1 aliphatic rings. The van der Waals surface area contributed by atoms with Crippen molar-refractivity contribution in [2.24, 2.45) is 0 Å². The fourth-order valence-electron chi connectivity index (χ4n) is 2.20. The van der Waals surface area contributed by atoms with Gasteiger partial charge in [0, 0.05) is 31.3 Å². The normalized spacial score (nSPS) is 17.7. The molecule has 2 aromatic heterocycles. The summed E-state index contributed by atoms with van der Waals surface area (Å²) in [4.78, 5) is 21.4. The second kappa shape index (κ2) is 4.97. The minimum absolute atomic E-state index is 0.00898. The first-order valence-corrected chi connectivity index (χ1v) is 7.04. The first kappa shape index (κ1) is 12.1. The molecule has 5 nitrogen and oxygen atoms in total. The second-order valence-corrected chi connectivity index (χ2v) is 5.38. The Balaban J connectivity index is 2.01. The summed E-state index contributed by atoms with van der Waals surface area (Å²) in [6.07, 6.45) is 4.01. The molecule has 98 valence electrons. The van der Waals surface area contributed by atoms with Gasteiger partial charge in [0.15, 0.2) is 5.13 Å². The maximum absolute atomic E-state index is 11.8. The van der Waals surface area contributed by atoms with E-state index >= 15 is 0 Å². The van der Waals surface area contributed by atoms with E-state index in [1.54, 1.807) is 17.5 Å². The lowest BCUT2D eigenvalue weighted by molar-refractivity contribution is -0.116. The minimum Gasteiger partial charge on any atom is -0.362 e. The van der Waals surface area contributed by atoms with Crippen LogP contribution in [0.25, 0.3) is 0 Å². The fourth-order valence-corrected chi connectivity index (χ4v) is 3.31. The van der Waals surface area contributed by atoms with Gasteiger partial charge < -0.3 is 10.6 Å². The third-order valence-electron chi connectivity index (χ3n) is 3.03. The number of aromatic nitrogens is 2. The zero-order valence-corrected chi connectivity index (χ0v) is 11.3. The molecule has 3 rings (SSSR count). The number of anilines is 2. The number of thiazole rings is 1. The van der Waals surface area contributed by atoms with Gasteiger partial charge in [-0.3, -0.25) is 9.78 Å². The Kier molecular flexibility index (Phi) is 3.16. The van der Waals surface area contributed by atoms with Gasteiger partial charge in [-0.15, -0.1) is 0 Å². The zero-order chi connectivity index (χ0) is 13.2. The van der Waals surface area contributed by atoms with Gasteiger partial charge in [0.25, 0.3) is 0 Å². The van der Waals surface area contributed by atoms with Crippen molar-refractivity contribution in [3.63, 3.8) is 0 Å². The van der Waals surface area contributed by atoms with Crippen molar-refractivity contribution in [3.8, 4) is 0 Å². The van der Waals surface area contributed by atoms with E-state index in [0.29, 0.717) is 12.2 Å². The number of pyridine rings is 1. The molecule has 3 heterocycles. The number of rotatable bonds is 3.